The molecule has 0 aliphatic carbocycles. The fourth-order valence-corrected chi connectivity index (χ4v) is 2.78. The summed E-state index contributed by atoms with van der Waals surface area (Å²) in [7, 11) is 0. The number of ketones is 1. The van der Waals surface area contributed by atoms with Gasteiger partial charge in [-0.1, -0.05) is 15.9 Å². The van der Waals surface area contributed by atoms with Gasteiger partial charge in [0.1, 0.15) is 5.52 Å². The minimum Gasteiger partial charge on any atom is -0.435 e. The first-order chi connectivity index (χ1) is 9.54. The molecule has 5 heteroatoms. The molecule has 3 nitrogen and oxygen atoms in total. The molecule has 0 aliphatic rings. The van der Waals surface area contributed by atoms with Crippen molar-refractivity contribution in [3.63, 3.8) is 0 Å². The summed E-state index contributed by atoms with van der Waals surface area (Å²) in [6, 6.07) is 11.5. The summed E-state index contributed by atoms with van der Waals surface area (Å²) in [5.41, 5.74) is 2.65. The molecular formula is C15H9BrINO2. The zero-order chi connectivity index (χ0) is 14.3. The molecule has 100 valence electrons. The largest absolute Gasteiger partial charge is 0.435 e. The zero-order valence-corrected chi connectivity index (χ0v) is 14.2. The maximum Gasteiger partial charge on any atom is 0.227 e. The maximum absolute atomic E-state index is 11.7. The van der Waals surface area contributed by atoms with Crippen LogP contribution in [0.25, 0.3) is 22.6 Å². The molecule has 0 unspecified atom stereocenters. The molecule has 0 radical (unpaired) electrons. The van der Waals surface area contributed by atoms with Gasteiger partial charge in [0, 0.05) is 13.6 Å². The molecule has 0 saturated carbocycles. The molecule has 2 aromatic carbocycles. The Morgan fingerprint density at radius 1 is 1.25 bits per heavy atom. The Morgan fingerprint density at radius 3 is 2.60 bits per heavy atom. The van der Waals surface area contributed by atoms with E-state index in [1.165, 1.54) is 6.92 Å². The highest BCUT2D eigenvalue weighted by Gasteiger charge is 2.15. The van der Waals surface area contributed by atoms with Crippen molar-refractivity contribution < 1.29 is 9.21 Å². The summed E-state index contributed by atoms with van der Waals surface area (Å²) in [6.45, 7) is 1.52. The number of nitrogens with zero attached hydrogens (tertiary/aromatic N) is 1. The van der Waals surface area contributed by atoms with Crippen LogP contribution in [0.3, 0.4) is 0 Å². The molecule has 0 amide bonds. The summed E-state index contributed by atoms with van der Waals surface area (Å²) in [6.07, 6.45) is 0. The van der Waals surface area contributed by atoms with Crippen molar-refractivity contribution in [2.24, 2.45) is 0 Å². The lowest BCUT2D eigenvalue weighted by atomic mass is 10.1. The van der Waals surface area contributed by atoms with Crippen molar-refractivity contribution in [2.45, 2.75) is 6.92 Å². The van der Waals surface area contributed by atoms with E-state index in [0.717, 1.165) is 13.6 Å². The van der Waals surface area contributed by atoms with Crippen molar-refractivity contribution in [2.75, 3.05) is 0 Å². The summed E-state index contributed by atoms with van der Waals surface area (Å²) < 4.78 is 7.75. The Morgan fingerprint density at radius 2 is 1.95 bits per heavy atom. The average molecular weight is 442 g/mol. The first kappa shape index (κ1) is 13.8. The van der Waals surface area contributed by atoms with Gasteiger partial charge in [-0.3, -0.25) is 4.79 Å². The third-order valence-electron chi connectivity index (χ3n) is 2.93. The standard InChI is InChI=1S/C15H9BrINO2/c1-8(19)12-6-10(16)7-13-14(12)20-15(18-13)9-2-4-11(17)5-3-9/h2-7H,1H3. The summed E-state index contributed by atoms with van der Waals surface area (Å²) in [4.78, 5) is 16.2. The molecule has 0 saturated heterocycles. The van der Waals surface area contributed by atoms with Gasteiger partial charge in [-0.2, -0.15) is 0 Å². The number of hydrogen-bond donors (Lipinski definition) is 0. The molecule has 0 fully saturated rings. The second kappa shape index (κ2) is 5.29. The molecule has 1 aromatic heterocycles. The SMILES string of the molecule is CC(=O)c1cc(Br)cc2nc(-c3ccc(I)cc3)oc12. The number of Topliss-reactive ketones (excluding diaryl/α,β-unsaturated/α-hetero) is 1. The normalized spacial score (nSPS) is 10.9. The first-order valence-corrected chi connectivity index (χ1v) is 7.79. The molecule has 3 rings (SSSR count). The van der Waals surface area contributed by atoms with Gasteiger partial charge in [-0.15, -0.1) is 0 Å². The number of oxazole rings is 1. The predicted molar refractivity (Wildman–Crippen MR) is 89.9 cm³/mol. The van der Waals surface area contributed by atoms with E-state index in [9.17, 15) is 4.79 Å². The van der Waals surface area contributed by atoms with Crippen LogP contribution in [-0.2, 0) is 0 Å². The fourth-order valence-electron chi connectivity index (χ4n) is 1.98. The zero-order valence-electron chi connectivity index (χ0n) is 10.5. The van der Waals surface area contributed by atoms with Gasteiger partial charge in [0.15, 0.2) is 11.4 Å². The third kappa shape index (κ3) is 2.52. The van der Waals surface area contributed by atoms with Gasteiger partial charge in [0.2, 0.25) is 5.89 Å². The third-order valence-corrected chi connectivity index (χ3v) is 4.10. The number of carbonyl (C=O) groups is 1. The van der Waals surface area contributed by atoms with Crippen molar-refractivity contribution in [3.8, 4) is 11.5 Å². The van der Waals surface area contributed by atoms with Crippen LogP contribution in [0.4, 0.5) is 0 Å². The molecule has 20 heavy (non-hydrogen) atoms. The van der Waals surface area contributed by atoms with E-state index in [-0.39, 0.29) is 5.78 Å². The van der Waals surface area contributed by atoms with Crippen molar-refractivity contribution in [3.05, 3.63) is 50.0 Å². The van der Waals surface area contributed by atoms with Crippen molar-refractivity contribution in [1.82, 2.24) is 4.98 Å². The van der Waals surface area contributed by atoms with Crippen LogP contribution in [0, 0.1) is 3.57 Å². The van der Waals surface area contributed by atoms with Gasteiger partial charge in [-0.25, -0.2) is 4.98 Å². The highest BCUT2D eigenvalue weighted by Crippen LogP contribution is 2.29. The fraction of sp³-hybridized carbons (Fsp3) is 0.0667. The van der Waals surface area contributed by atoms with Crippen LogP contribution < -0.4 is 0 Å². The first-order valence-electron chi connectivity index (χ1n) is 5.91. The highest BCUT2D eigenvalue weighted by molar-refractivity contribution is 14.1. The van der Waals surface area contributed by atoms with E-state index in [2.05, 4.69) is 43.5 Å². The predicted octanol–water partition coefficient (Wildman–Crippen LogP) is 5.06. The van der Waals surface area contributed by atoms with Crippen LogP contribution in [-0.4, -0.2) is 10.8 Å². The Balaban J connectivity index is 2.22. The molecular weight excluding hydrogens is 433 g/mol. The summed E-state index contributed by atoms with van der Waals surface area (Å²) in [5, 5.41) is 0. The summed E-state index contributed by atoms with van der Waals surface area (Å²) in [5.74, 6) is 0.485. The Hall–Kier alpha value is -1.21. The lowest BCUT2D eigenvalue weighted by Crippen LogP contribution is -1.92. The lowest BCUT2D eigenvalue weighted by molar-refractivity contribution is 0.101. The second-order valence-corrected chi connectivity index (χ2v) is 6.55. The Labute approximate surface area is 137 Å². The molecule has 0 N–H and O–H groups in total. The van der Waals surface area contributed by atoms with Gasteiger partial charge >= 0.3 is 0 Å². The van der Waals surface area contributed by atoms with Crippen molar-refractivity contribution >= 4 is 55.4 Å². The van der Waals surface area contributed by atoms with Gasteiger partial charge < -0.3 is 4.42 Å². The van der Waals surface area contributed by atoms with Gasteiger partial charge in [0.25, 0.3) is 0 Å². The number of hydrogen-bond acceptors (Lipinski definition) is 3. The van der Waals surface area contributed by atoms with E-state index >= 15 is 0 Å². The summed E-state index contributed by atoms with van der Waals surface area (Å²) >= 11 is 5.64. The quantitative estimate of drug-likeness (QED) is 0.412. The lowest BCUT2D eigenvalue weighted by Gasteiger charge is -1.97. The molecule has 0 aliphatic heterocycles. The molecule has 0 atom stereocenters. The smallest absolute Gasteiger partial charge is 0.227 e. The van der Waals surface area contributed by atoms with Crippen molar-refractivity contribution in [1.29, 1.82) is 0 Å². The van der Waals surface area contributed by atoms with E-state index in [1.807, 2.05) is 30.3 Å². The Bertz CT molecular complexity index is 809. The van der Waals surface area contributed by atoms with Gasteiger partial charge in [-0.05, 0) is 65.9 Å². The Kier molecular flexibility index (Phi) is 3.64. The van der Waals surface area contributed by atoms with Gasteiger partial charge in [0.05, 0.1) is 5.56 Å². The van der Waals surface area contributed by atoms with E-state index in [4.69, 9.17) is 4.42 Å². The number of rotatable bonds is 2. The second-order valence-electron chi connectivity index (χ2n) is 4.38. The average Bonchev–Trinajstić information content (AvgIpc) is 2.81. The monoisotopic (exact) mass is 441 g/mol. The number of halogens is 2. The minimum atomic E-state index is -0.0402. The van der Waals surface area contributed by atoms with Crippen LogP contribution >= 0.6 is 38.5 Å². The number of aromatic nitrogens is 1. The number of benzene rings is 2. The van der Waals surface area contributed by atoms with E-state index in [1.54, 1.807) is 6.07 Å². The van der Waals surface area contributed by atoms with Crippen LogP contribution in [0.15, 0.2) is 45.3 Å². The topological polar surface area (TPSA) is 43.1 Å². The van der Waals surface area contributed by atoms with E-state index in [0.29, 0.717) is 22.6 Å². The van der Waals surface area contributed by atoms with Crippen LogP contribution in [0.2, 0.25) is 0 Å². The molecule has 0 bridgehead atoms. The number of fused-ring (bicyclic) bond motifs is 1. The molecule has 1 heterocycles. The van der Waals surface area contributed by atoms with Crippen LogP contribution in [0.5, 0.6) is 0 Å². The molecule has 0 spiro atoms. The maximum atomic E-state index is 11.7. The van der Waals surface area contributed by atoms with E-state index < -0.39 is 0 Å². The highest BCUT2D eigenvalue weighted by atomic mass is 127. The number of carbonyl (C=O) groups excluding carboxylic acids is 1. The van der Waals surface area contributed by atoms with Crippen LogP contribution in [0.1, 0.15) is 17.3 Å². The minimum absolute atomic E-state index is 0.0402. The molecule has 3 aromatic rings.